The van der Waals surface area contributed by atoms with Gasteiger partial charge in [-0.15, -0.1) is 0 Å². The number of carbonyl (C=O) groups excluding carboxylic acids is 1. The number of allylic oxidation sites excluding steroid dienone is 1. The van der Waals surface area contributed by atoms with Crippen LogP contribution in [0.15, 0.2) is 100 Å². The highest BCUT2D eigenvalue weighted by molar-refractivity contribution is 7.07. The molecule has 2 N–H and O–H groups in total. The van der Waals surface area contributed by atoms with Gasteiger partial charge >= 0.3 is 0 Å². The van der Waals surface area contributed by atoms with E-state index in [0.29, 0.717) is 38.5 Å². The average Bonchev–Trinajstić information content (AvgIpc) is 3.45. The van der Waals surface area contributed by atoms with Crippen molar-refractivity contribution in [2.45, 2.75) is 19.9 Å². The number of phenols is 1. The number of ether oxygens (including phenoxy) is 1. The minimum Gasteiger partial charge on any atom is -0.504 e. The van der Waals surface area contributed by atoms with Gasteiger partial charge in [-0.1, -0.05) is 53.8 Å². The van der Waals surface area contributed by atoms with Crippen LogP contribution in [-0.2, 0) is 11.8 Å². The molecule has 3 aromatic carbocycles. The summed E-state index contributed by atoms with van der Waals surface area (Å²) in [5, 5.41) is 14.4. The van der Waals surface area contributed by atoms with Crippen molar-refractivity contribution in [3.05, 3.63) is 121 Å². The van der Waals surface area contributed by atoms with Gasteiger partial charge in [0.25, 0.3) is 11.5 Å². The molecule has 1 amide bonds. The highest BCUT2D eigenvalue weighted by Gasteiger charge is 2.33. The molecule has 2 aromatic heterocycles. The number of fused-ring (bicyclic) bond motifs is 2. The lowest BCUT2D eigenvalue weighted by Crippen LogP contribution is -2.40. The molecule has 0 spiro atoms. The van der Waals surface area contributed by atoms with Crippen molar-refractivity contribution in [2.75, 3.05) is 11.9 Å². The highest BCUT2D eigenvalue weighted by Crippen LogP contribution is 2.36. The normalized spacial score (nSPS) is 15.1. The van der Waals surface area contributed by atoms with Crippen molar-refractivity contribution < 1.29 is 14.6 Å². The molecule has 9 heteroatoms. The van der Waals surface area contributed by atoms with E-state index in [2.05, 4.69) is 5.32 Å². The van der Waals surface area contributed by atoms with E-state index < -0.39 is 6.04 Å². The van der Waals surface area contributed by atoms with Gasteiger partial charge in [0.1, 0.15) is 0 Å². The Bertz CT molecular complexity index is 2020. The first-order chi connectivity index (χ1) is 19.9. The molecule has 0 saturated carbocycles. The van der Waals surface area contributed by atoms with Crippen LogP contribution in [0.1, 0.15) is 31.0 Å². The number of benzene rings is 3. The lowest BCUT2D eigenvalue weighted by atomic mass is 9.94. The van der Waals surface area contributed by atoms with Gasteiger partial charge in [0.15, 0.2) is 16.3 Å². The number of carbonyl (C=O) groups is 1. The molecule has 0 unspecified atom stereocenters. The van der Waals surface area contributed by atoms with E-state index in [-0.39, 0.29) is 23.0 Å². The molecule has 0 saturated heterocycles. The van der Waals surface area contributed by atoms with Gasteiger partial charge in [-0.3, -0.25) is 14.2 Å². The number of aromatic nitrogens is 2. The van der Waals surface area contributed by atoms with E-state index in [4.69, 9.17) is 9.73 Å². The second kappa shape index (κ2) is 10.6. The Morgan fingerprint density at radius 3 is 2.66 bits per heavy atom. The first-order valence-electron chi connectivity index (χ1n) is 13.2. The topological polar surface area (TPSA) is 97.9 Å². The van der Waals surface area contributed by atoms with Crippen LogP contribution in [0, 0.1) is 0 Å². The summed E-state index contributed by atoms with van der Waals surface area (Å²) >= 11 is 1.28. The molecule has 6 rings (SSSR count). The van der Waals surface area contributed by atoms with Crippen molar-refractivity contribution in [1.29, 1.82) is 0 Å². The largest absolute Gasteiger partial charge is 0.504 e. The summed E-state index contributed by atoms with van der Waals surface area (Å²) in [5.74, 6) is -0.105. The third-order valence-electron chi connectivity index (χ3n) is 7.11. The fraction of sp³-hybridized carbons (Fsp3) is 0.156. The third kappa shape index (κ3) is 4.74. The van der Waals surface area contributed by atoms with Crippen molar-refractivity contribution in [3.8, 4) is 11.5 Å². The number of para-hydroxylation sites is 2. The lowest BCUT2D eigenvalue weighted by molar-refractivity contribution is -0.113. The molecular formula is C32H28N4O4S. The number of anilines is 1. The maximum Gasteiger partial charge on any atom is 0.271 e. The SMILES string of the molecule is CCOc1cc([C@H]2C(C(=O)Nc3ccccc3)=C(C)N=c3s/c(=C\c4cn(C)c5ccccc45)c(=O)n32)ccc1O. The molecule has 8 nitrogen and oxygen atoms in total. The average molecular weight is 565 g/mol. The summed E-state index contributed by atoms with van der Waals surface area (Å²) in [6, 6.07) is 21.3. The van der Waals surface area contributed by atoms with Gasteiger partial charge in [0.05, 0.1) is 28.5 Å². The molecule has 1 aliphatic rings. The summed E-state index contributed by atoms with van der Waals surface area (Å²) in [6.45, 7) is 3.95. The number of aromatic hydroxyl groups is 1. The van der Waals surface area contributed by atoms with Crippen LogP contribution in [0.5, 0.6) is 11.5 Å². The Balaban J connectivity index is 1.55. The summed E-state index contributed by atoms with van der Waals surface area (Å²) in [5.41, 5.74) is 3.83. The zero-order valence-electron chi connectivity index (χ0n) is 22.8. The van der Waals surface area contributed by atoms with Crippen LogP contribution in [0.2, 0.25) is 0 Å². The Morgan fingerprint density at radius 1 is 1.12 bits per heavy atom. The van der Waals surface area contributed by atoms with E-state index in [1.54, 1.807) is 35.8 Å². The number of nitrogens with one attached hydrogen (secondary N) is 1. The lowest BCUT2D eigenvalue weighted by Gasteiger charge is -2.26. The summed E-state index contributed by atoms with van der Waals surface area (Å²) in [6.07, 6.45) is 3.88. The van der Waals surface area contributed by atoms with E-state index >= 15 is 0 Å². The predicted molar refractivity (Wildman–Crippen MR) is 161 cm³/mol. The first-order valence-corrected chi connectivity index (χ1v) is 14.1. The summed E-state index contributed by atoms with van der Waals surface area (Å²) in [7, 11) is 1.98. The highest BCUT2D eigenvalue weighted by atomic mass is 32.1. The molecule has 0 bridgehead atoms. The third-order valence-corrected chi connectivity index (χ3v) is 8.09. The number of hydrogen-bond donors (Lipinski definition) is 2. The smallest absolute Gasteiger partial charge is 0.271 e. The van der Waals surface area contributed by atoms with Gasteiger partial charge in [-0.2, -0.15) is 0 Å². The van der Waals surface area contributed by atoms with Crippen molar-refractivity contribution >= 4 is 39.9 Å². The molecule has 3 heterocycles. The van der Waals surface area contributed by atoms with E-state index in [1.165, 1.54) is 17.4 Å². The Hall–Kier alpha value is -4.89. The molecule has 41 heavy (non-hydrogen) atoms. The van der Waals surface area contributed by atoms with Gasteiger partial charge in [0, 0.05) is 35.4 Å². The predicted octanol–water partition coefficient (Wildman–Crippen LogP) is 4.47. The maximum absolute atomic E-state index is 14.1. The van der Waals surface area contributed by atoms with Crippen LogP contribution in [0.3, 0.4) is 0 Å². The Kier molecular flexibility index (Phi) is 6.80. The first kappa shape index (κ1) is 26.3. The second-order valence-electron chi connectivity index (χ2n) is 9.77. The summed E-state index contributed by atoms with van der Waals surface area (Å²) in [4.78, 5) is 33.1. The molecule has 1 atom stereocenters. The molecule has 0 aliphatic carbocycles. The zero-order chi connectivity index (χ0) is 28.7. The fourth-order valence-corrected chi connectivity index (χ4v) is 6.29. The Morgan fingerprint density at radius 2 is 1.88 bits per heavy atom. The van der Waals surface area contributed by atoms with Crippen LogP contribution in [0.25, 0.3) is 17.0 Å². The number of hydrogen-bond acceptors (Lipinski definition) is 6. The zero-order valence-corrected chi connectivity index (χ0v) is 23.6. The second-order valence-corrected chi connectivity index (χ2v) is 10.8. The number of amides is 1. The van der Waals surface area contributed by atoms with Crippen LogP contribution in [0.4, 0.5) is 5.69 Å². The van der Waals surface area contributed by atoms with Crippen LogP contribution < -0.4 is 24.9 Å². The summed E-state index contributed by atoms with van der Waals surface area (Å²) < 4.78 is 9.75. The molecule has 1 aliphatic heterocycles. The number of rotatable bonds is 6. The van der Waals surface area contributed by atoms with E-state index in [1.807, 2.05) is 73.3 Å². The van der Waals surface area contributed by atoms with Gasteiger partial charge in [-0.25, -0.2) is 4.99 Å². The van der Waals surface area contributed by atoms with E-state index in [0.717, 1.165) is 16.5 Å². The van der Waals surface area contributed by atoms with Crippen LogP contribution in [-0.4, -0.2) is 26.8 Å². The van der Waals surface area contributed by atoms with Crippen molar-refractivity contribution in [3.63, 3.8) is 0 Å². The molecular weight excluding hydrogens is 536 g/mol. The molecule has 5 aromatic rings. The quantitative estimate of drug-likeness (QED) is 0.318. The number of thiazole rings is 1. The van der Waals surface area contributed by atoms with Crippen molar-refractivity contribution in [2.24, 2.45) is 12.0 Å². The van der Waals surface area contributed by atoms with E-state index in [9.17, 15) is 14.7 Å². The van der Waals surface area contributed by atoms with Gasteiger partial charge < -0.3 is 19.7 Å². The molecule has 0 fully saturated rings. The standard InChI is InChI=1S/C32H28N4O4S/c1-4-40-26-16-20(14-15-25(26)37)29-28(30(38)34-22-10-6-5-7-11-22)19(2)33-32-36(29)31(39)27(41-32)17-21-18-35(3)24-13-9-8-12-23(21)24/h5-18,29,37H,4H2,1-3H3,(H,34,38)/b27-17-/t29-/m0/s1. The molecule has 206 valence electrons. The fourth-order valence-electron chi connectivity index (χ4n) is 5.25. The maximum atomic E-state index is 14.1. The monoisotopic (exact) mass is 564 g/mol. The minimum absolute atomic E-state index is 0.0186. The van der Waals surface area contributed by atoms with Gasteiger partial charge in [-0.05, 0) is 55.8 Å². The number of phenolic OH excluding ortho intramolecular Hbond substituents is 1. The Labute approximate surface area is 239 Å². The minimum atomic E-state index is -0.788. The van der Waals surface area contributed by atoms with Crippen LogP contribution >= 0.6 is 11.3 Å². The number of aryl methyl sites for hydroxylation is 1. The van der Waals surface area contributed by atoms with Crippen molar-refractivity contribution in [1.82, 2.24) is 9.13 Å². The number of nitrogens with zero attached hydrogens (tertiary/aromatic N) is 3. The van der Waals surface area contributed by atoms with Gasteiger partial charge in [0.2, 0.25) is 0 Å². The molecule has 0 radical (unpaired) electrons.